The molecular weight excluding hydrogens is 336 g/mol. The van der Waals surface area contributed by atoms with Gasteiger partial charge in [-0.15, -0.1) is 0 Å². The van der Waals surface area contributed by atoms with E-state index in [1.807, 2.05) is 0 Å². The van der Waals surface area contributed by atoms with Crippen molar-refractivity contribution in [2.45, 2.75) is 82.7 Å². The van der Waals surface area contributed by atoms with Gasteiger partial charge in [0, 0.05) is 29.4 Å². The zero-order chi connectivity index (χ0) is 18.5. The van der Waals surface area contributed by atoms with Crippen LogP contribution in [0.2, 0.25) is 50.9 Å². The summed E-state index contributed by atoms with van der Waals surface area (Å²) in [6.45, 7) is 14.8. The van der Waals surface area contributed by atoms with E-state index in [2.05, 4.69) is 32.7 Å². The van der Waals surface area contributed by atoms with E-state index in [1.54, 1.807) is 0 Å². The van der Waals surface area contributed by atoms with Crippen LogP contribution in [0.1, 0.15) is 25.7 Å². The van der Waals surface area contributed by atoms with Gasteiger partial charge in [0.25, 0.3) is 0 Å². The molecule has 0 aromatic heterocycles. The zero-order valence-corrected chi connectivity index (χ0v) is 18.8. The molecule has 0 aliphatic carbocycles. The molecule has 4 nitrogen and oxygen atoms in total. The SMILES string of the molecule is C[Si](C)(C)CC[Si](C)(C)CCCOCC(O)CCCCOCCO. The summed E-state index contributed by atoms with van der Waals surface area (Å²) in [5.41, 5.74) is 0. The molecule has 0 aliphatic rings. The van der Waals surface area contributed by atoms with Gasteiger partial charge < -0.3 is 19.7 Å². The zero-order valence-electron chi connectivity index (χ0n) is 16.8. The number of aliphatic hydroxyl groups is 2. The average molecular weight is 379 g/mol. The first kappa shape index (κ1) is 24.3. The molecule has 0 saturated heterocycles. The number of ether oxygens (including phenoxy) is 2. The Kier molecular flexibility index (Phi) is 13.6. The van der Waals surface area contributed by atoms with Gasteiger partial charge in [-0.3, -0.25) is 0 Å². The first-order valence-corrected chi connectivity index (χ1v) is 16.7. The third-order valence-corrected chi connectivity index (χ3v) is 9.88. The predicted molar refractivity (Wildman–Crippen MR) is 108 cm³/mol. The Labute approximate surface area is 152 Å². The minimum Gasteiger partial charge on any atom is -0.394 e. The van der Waals surface area contributed by atoms with Crippen molar-refractivity contribution in [1.82, 2.24) is 0 Å². The van der Waals surface area contributed by atoms with E-state index in [0.717, 1.165) is 32.3 Å². The Balaban J connectivity index is 3.53. The summed E-state index contributed by atoms with van der Waals surface area (Å²) in [6, 6.07) is 4.23. The molecule has 0 bridgehead atoms. The lowest BCUT2D eigenvalue weighted by Crippen LogP contribution is -2.30. The number of hydrogen-bond acceptors (Lipinski definition) is 4. The van der Waals surface area contributed by atoms with Gasteiger partial charge in [0.15, 0.2) is 0 Å². The number of aliphatic hydroxyl groups excluding tert-OH is 2. The van der Waals surface area contributed by atoms with E-state index in [0.29, 0.717) is 19.8 Å². The summed E-state index contributed by atoms with van der Waals surface area (Å²) in [5, 5.41) is 18.5. The molecule has 0 aliphatic heterocycles. The van der Waals surface area contributed by atoms with E-state index >= 15 is 0 Å². The largest absolute Gasteiger partial charge is 0.394 e. The van der Waals surface area contributed by atoms with E-state index in [9.17, 15) is 5.11 Å². The van der Waals surface area contributed by atoms with Crippen LogP contribution in [0.4, 0.5) is 0 Å². The van der Waals surface area contributed by atoms with E-state index < -0.39 is 16.1 Å². The molecule has 0 rings (SSSR count). The lowest BCUT2D eigenvalue weighted by Gasteiger charge is -2.26. The van der Waals surface area contributed by atoms with E-state index in [4.69, 9.17) is 14.6 Å². The van der Waals surface area contributed by atoms with Gasteiger partial charge in [-0.2, -0.15) is 0 Å². The van der Waals surface area contributed by atoms with Gasteiger partial charge in [0.1, 0.15) is 0 Å². The van der Waals surface area contributed by atoms with Crippen molar-refractivity contribution < 1.29 is 19.7 Å². The second-order valence-electron chi connectivity index (χ2n) is 8.89. The minimum absolute atomic E-state index is 0.0776. The lowest BCUT2D eigenvalue weighted by atomic mass is 10.2. The van der Waals surface area contributed by atoms with Gasteiger partial charge in [-0.1, -0.05) is 50.9 Å². The van der Waals surface area contributed by atoms with Crippen LogP contribution in [-0.2, 0) is 9.47 Å². The fraction of sp³-hybridized carbons (Fsp3) is 1.00. The van der Waals surface area contributed by atoms with Crippen molar-refractivity contribution in [3.8, 4) is 0 Å². The number of hydrogen-bond donors (Lipinski definition) is 2. The Morgan fingerprint density at radius 2 is 1.46 bits per heavy atom. The highest BCUT2D eigenvalue weighted by Crippen LogP contribution is 2.24. The predicted octanol–water partition coefficient (Wildman–Crippen LogP) is 3.98. The normalized spacial score (nSPS) is 14.1. The highest BCUT2D eigenvalue weighted by atomic mass is 28.3. The molecule has 1 atom stereocenters. The van der Waals surface area contributed by atoms with Gasteiger partial charge >= 0.3 is 0 Å². The first-order valence-electron chi connectivity index (χ1n) is 9.61. The Bertz CT molecular complexity index is 293. The van der Waals surface area contributed by atoms with Crippen LogP contribution in [0.5, 0.6) is 0 Å². The highest BCUT2D eigenvalue weighted by molar-refractivity contribution is 6.82. The molecule has 1 unspecified atom stereocenters. The minimum atomic E-state index is -1.07. The van der Waals surface area contributed by atoms with Crippen molar-refractivity contribution in [3.05, 3.63) is 0 Å². The summed E-state index contributed by atoms with van der Waals surface area (Å²) in [6.07, 6.45) is 3.39. The molecule has 0 heterocycles. The molecule has 0 fully saturated rings. The first-order chi connectivity index (χ1) is 11.2. The van der Waals surface area contributed by atoms with Gasteiger partial charge in [-0.25, -0.2) is 0 Å². The smallest absolute Gasteiger partial charge is 0.0773 e. The van der Waals surface area contributed by atoms with Crippen LogP contribution in [0, 0.1) is 0 Å². The Hall–Kier alpha value is 0.274. The Morgan fingerprint density at radius 3 is 2.08 bits per heavy atom. The Morgan fingerprint density at radius 1 is 0.792 bits per heavy atom. The fourth-order valence-corrected chi connectivity index (χ4v) is 9.60. The topological polar surface area (TPSA) is 58.9 Å². The maximum absolute atomic E-state index is 9.89. The standard InChI is InChI=1S/C18H42O4Si2/c1-23(2,3)15-16-24(4,5)14-8-12-22-17-18(20)9-6-7-11-21-13-10-19/h18-20H,6-17H2,1-5H3. The number of rotatable bonds is 16. The monoisotopic (exact) mass is 378 g/mol. The van der Waals surface area contributed by atoms with Gasteiger partial charge in [-0.05, 0) is 25.7 Å². The molecule has 0 aromatic rings. The van der Waals surface area contributed by atoms with Gasteiger partial charge in [0.05, 0.1) is 25.9 Å². The lowest BCUT2D eigenvalue weighted by molar-refractivity contribution is 0.0293. The van der Waals surface area contributed by atoms with Crippen LogP contribution in [-0.4, -0.2) is 65.5 Å². The summed E-state index contributed by atoms with van der Waals surface area (Å²) in [4.78, 5) is 0. The second-order valence-corrected chi connectivity index (χ2v) is 19.8. The summed E-state index contributed by atoms with van der Waals surface area (Å²) < 4.78 is 10.8. The number of unbranched alkanes of at least 4 members (excludes halogenated alkanes) is 1. The van der Waals surface area contributed by atoms with E-state index in [1.165, 1.54) is 18.1 Å². The highest BCUT2D eigenvalue weighted by Gasteiger charge is 2.23. The summed E-state index contributed by atoms with van der Waals surface area (Å²) in [5.74, 6) is 0. The summed E-state index contributed by atoms with van der Waals surface area (Å²) >= 11 is 0. The molecule has 0 radical (unpaired) electrons. The average Bonchev–Trinajstić information content (AvgIpc) is 2.48. The van der Waals surface area contributed by atoms with E-state index in [-0.39, 0.29) is 12.7 Å². The molecule has 0 spiro atoms. The molecule has 0 aromatic carbocycles. The van der Waals surface area contributed by atoms with Crippen LogP contribution in [0.15, 0.2) is 0 Å². The van der Waals surface area contributed by atoms with Crippen molar-refractivity contribution in [3.63, 3.8) is 0 Å². The fourth-order valence-electron chi connectivity index (χ4n) is 2.54. The molecule has 146 valence electrons. The molecule has 24 heavy (non-hydrogen) atoms. The molecule has 0 amide bonds. The molecule has 0 saturated carbocycles. The summed E-state index contributed by atoms with van der Waals surface area (Å²) in [7, 11) is -1.98. The maximum atomic E-state index is 9.89. The van der Waals surface area contributed by atoms with Crippen LogP contribution >= 0.6 is 0 Å². The van der Waals surface area contributed by atoms with Gasteiger partial charge in [0.2, 0.25) is 0 Å². The van der Waals surface area contributed by atoms with Crippen molar-refractivity contribution in [2.75, 3.05) is 33.0 Å². The third kappa shape index (κ3) is 17.1. The molecular formula is C18H42O4Si2. The second kappa shape index (κ2) is 13.5. The quantitative estimate of drug-likeness (QED) is 0.315. The van der Waals surface area contributed by atoms with Crippen molar-refractivity contribution in [1.29, 1.82) is 0 Å². The molecule has 2 N–H and O–H groups in total. The maximum Gasteiger partial charge on any atom is 0.0773 e. The third-order valence-electron chi connectivity index (χ3n) is 4.32. The van der Waals surface area contributed by atoms with Crippen molar-refractivity contribution >= 4 is 16.1 Å². The van der Waals surface area contributed by atoms with Crippen LogP contribution in [0.3, 0.4) is 0 Å². The van der Waals surface area contributed by atoms with Crippen LogP contribution in [0.25, 0.3) is 0 Å². The van der Waals surface area contributed by atoms with Crippen molar-refractivity contribution in [2.24, 2.45) is 0 Å². The van der Waals surface area contributed by atoms with Crippen LogP contribution < -0.4 is 0 Å². The molecule has 6 heteroatoms.